The minimum absolute atomic E-state index is 0.0413. The highest BCUT2D eigenvalue weighted by Crippen LogP contribution is 2.25. The van der Waals surface area contributed by atoms with Gasteiger partial charge in [0.2, 0.25) is 0 Å². The molecule has 1 fully saturated rings. The quantitative estimate of drug-likeness (QED) is 0.842. The number of aliphatic hydroxyl groups excluding tert-OH is 1. The van der Waals surface area contributed by atoms with Gasteiger partial charge in [-0.25, -0.2) is 4.39 Å². The number of nitrogens with zero attached hydrogens (tertiary/aromatic N) is 1. The Kier molecular flexibility index (Phi) is 4.95. The van der Waals surface area contributed by atoms with E-state index in [0.717, 1.165) is 17.7 Å². The number of hydrogen-bond donors (Lipinski definition) is 1. The Morgan fingerprint density at radius 2 is 2.21 bits per heavy atom. The molecule has 19 heavy (non-hydrogen) atoms. The Labute approximate surface area is 114 Å². The number of aliphatic hydroxyl groups is 1. The normalized spacial score (nSPS) is 14.9. The molecule has 1 aliphatic rings. The maximum Gasteiger partial charge on any atom is 0.124 e. The first-order valence-corrected chi connectivity index (χ1v) is 6.79. The molecule has 0 aromatic heterocycles. The molecule has 102 valence electrons. The molecule has 2 rings (SSSR count). The van der Waals surface area contributed by atoms with Crippen molar-refractivity contribution in [1.29, 1.82) is 0 Å². The predicted octanol–water partition coefficient (Wildman–Crippen LogP) is 2.54. The van der Waals surface area contributed by atoms with Crippen LogP contribution < -0.4 is 0 Å². The van der Waals surface area contributed by atoms with Gasteiger partial charge in [0, 0.05) is 24.6 Å². The third kappa shape index (κ3) is 3.79. The molecule has 1 N–H and O–H groups in total. The Balaban J connectivity index is 2.12. The summed E-state index contributed by atoms with van der Waals surface area (Å²) in [6.45, 7) is 0.841. The van der Waals surface area contributed by atoms with Crippen LogP contribution in [0.2, 0.25) is 0 Å². The summed E-state index contributed by atoms with van der Waals surface area (Å²) in [6, 6.07) is 5.44. The molecule has 1 aromatic carbocycles. The number of halogens is 1. The summed E-state index contributed by atoms with van der Waals surface area (Å²) in [5, 5.41) is 8.74. The van der Waals surface area contributed by atoms with Gasteiger partial charge < -0.3 is 5.11 Å². The fraction of sp³-hybridized carbons (Fsp3) is 0.500. The van der Waals surface area contributed by atoms with Gasteiger partial charge in [-0.3, -0.25) is 4.90 Å². The fourth-order valence-corrected chi connectivity index (χ4v) is 2.24. The number of hydrogen-bond acceptors (Lipinski definition) is 2. The van der Waals surface area contributed by atoms with Crippen LogP contribution >= 0.6 is 0 Å². The fourth-order valence-electron chi connectivity index (χ4n) is 2.24. The van der Waals surface area contributed by atoms with E-state index >= 15 is 0 Å². The summed E-state index contributed by atoms with van der Waals surface area (Å²) in [6.07, 6.45) is 4.24. The molecule has 0 aliphatic heterocycles. The molecule has 0 atom stereocenters. The lowest BCUT2D eigenvalue weighted by molar-refractivity contribution is 0.152. The van der Waals surface area contributed by atoms with Crippen molar-refractivity contribution in [2.45, 2.75) is 38.3 Å². The van der Waals surface area contributed by atoms with Crippen molar-refractivity contribution in [2.75, 3.05) is 13.7 Å². The molecule has 0 radical (unpaired) electrons. The zero-order chi connectivity index (χ0) is 13.7. The highest BCUT2D eigenvalue weighted by Gasteiger charge is 2.22. The van der Waals surface area contributed by atoms with E-state index in [2.05, 4.69) is 23.8 Å². The molecule has 0 bridgehead atoms. The Morgan fingerprint density at radius 3 is 2.84 bits per heavy atom. The maximum absolute atomic E-state index is 13.3. The van der Waals surface area contributed by atoms with E-state index in [1.165, 1.54) is 31.4 Å². The first-order chi connectivity index (χ1) is 9.20. The van der Waals surface area contributed by atoms with Crippen molar-refractivity contribution >= 4 is 0 Å². The first-order valence-electron chi connectivity index (χ1n) is 6.79. The summed E-state index contributed by atoms with van der Waals surface area (Å²) < 4.78 is 13.3. The SMILES string of the molecule is CN(Cc1ccc(F)cc1C#CCCO)C1CCC1. The summed E-state index contributed by atoms with van der Waals surface area (Å²) in [5.41, 5.74) is 1.79. The van der Waals surface area contributed by atoms with Crippen LogP contribution in [0.4, 0.5) is 4.39 Å². The minimum Gasteiger partial charge on any atom is -0.395 e. The molecule has 0 spiro atoms. The summed E-state index contributed by atoms with van der Waals surface area (Å²) in [7, 11) is 2.11. The van der Waals surface area contributed by atoms with Crippen LogP contribution in [0.3, 0.4) is 0 Å². The molecule has 0 heterocycles. The van der Waals surface area contributed by atoms with Crippen molar-refractivity contribution in [3.63, 3.8) is 0 Å². The topological polar surface area (TPSA) is 23.5 Å². The minimum atomic E-state index is -0.261. The predicted molar refractivity (Wildman–Crippen MR) is 74.1 cm³/mol. The molecule has 1 aliphatic carbocycles. The third-order valence-electron chi connectivity index (χ3n) is 3.65. The third-order valence-corrected chi connectivity index (χ3v) is 3.65. The van der Waals surface area contributed by atoms with Gasteiger partial charge in [-0.1, -0.05) is 24.3 Å². The van der Waals surface area contributed by atoms with Crippen LogP contribution in [0.15, 0.2) is 18.2 Å². The lowest BCUT2D eigenvalue weighted by Gasteiger charge is -2.35. The van der Waals surface area contributed by atoms with E-state index < -0.39 is 0 Å². The molecule has 0 saturated heterocycles. The van der Waals surface area contributed by atoms with Crippen molar-refractivity contribution in [2.24, 2.45) is 0 Å². The second-order valence-electron chi connectivity index (χ2n) is 5.08. The highest BCUT2D eigenvalue weighted by atomic mass is 19.1. The maximum atomic E-state index is 13.3. The molecule has 3 heteroatoms. The van der Waals surface area contributed by atoms with Gasteiger partial charge in [0.15, 0.2) is 0 Å². The molecule has 1 saturated carbocycles. The lowest BCUT2D eigenvalue weighted by atomic mass is 9.91. The van der Waals surface area contributed by atoms with E-state index in [1.54, 1.807) is 0 Å². The van der Waals surface area contributed by atoms with Crippen molar-refractivity contribution in [3.8, 4) is 11.8 Å². The number of rotatable bonds is 4. The second kappa shape index (κ2) is 6.70. The van der Waals surface area contributed by atoms with Gasteiger partial charge in [-0.05, 0) is 37.6 Å². The van der Waals surface area contributed by atoms with E-state index in [9.17, 15) is 4.39 Å². The average Bonchev–Trinajstić information content (AvgIpc) is 2.30. The zero-order valence-corrected chi connectivity index (χ0v) is 11.3. The van der Waals surface area contributed by atoms with E-state index in [-0.39, 0.29) is 12.4 Å². The lowest BCUT2D eigenvalue weighted by Crippen LogP contribution is -2.36. The molecule has 0 unspecified atom stereocenters. The average molecular weight is 261 g/mol. The Bertz CT molecular complexity index is 485. The van der Waals surface area contributed by atoms with E-state index in [1.807, 2.05) is 6.07 Å². The van der Waals surface area contributed by atoms with Crippen LogP contribution in [0.1, 0.15) is 36.8 Å². The summed E-state index contributed by atoms with van der Waals surface area (Å²) in [5.74, 6) is 5.56. The Morgan fingerprint density at radius 1 is 1.42 bits per heavy atom. The smallest absolute Gasteiger partial charge is 0.124 e. The van der Waals surface area contributed by atoms with Crippen LogP contribution in [-0.2, 0) is 6.54 Å². The van der Waals surface area contributed by atoms with Crippen LogP contribution in [0, 0.1) is 17.7 Å². The van der Waals surface area contributed by atoms with Gasteiger partial charge in [0.05, 0.1) is 6.61 Å². The molecular weight excluding hydrogens is 241 g/mol. The first kappa shape index (κ1) is 14.0. The van der Waals surface area contributed by atoms with Gasteiger partial charge in [0.1, 0.15) is 5.82 Å². The van der Waals surface area contributed by atoms with E-state index in [4.69, 9.17) is 5.11 Å². The van der Waals surface area contributed by atoms with Gasteiger partial charge in [-0.2, -0.15) is 0 Å². The van der Waals surface area contributed by atoms with Crippen molar-refractivity contribution in [3.05, 3.63) is 35.1 Å². The zero-order valence-electron chi connectivity index (χ0n) is 11.3. The van der Waals surface area contributed by atoms with Crippen LogP contribution in [-0.4, -0.2) is 29.7 Å². The Hall–Kier alpha value is -1.37. The molecule has 1 aromatic rings. The summed E-state index contributed by atoms with van der Waals surface area (Å²) >= 11 is 0. The standard InChI is InChI=1S/C16H20FNO/c1-18(16-6-4-7-16)12-14-8-9-15(17)11-13(14)5-2-3-10-19/h8-9,11,16,19H,3-4,6-7,10,12H2,1H3. The van der Waals surface area contributed by atoms with Crippen LogP contribution in [0.5, 0.6) is 0 Å². The van der Waals surface area contributed by atoms with Gasteiger partial charge in [0.25, 0.3) is 0 Å². The van der Waals surface area contributed by atoms with Crippen molar-refractivity contribution in [1.82, 2.24) is 4.90 Å². The van der Waals surface area contributed by atoms with E-state index in [0.29, 0.717) is 12.5 Å². The number of benzene rings is 1. The largest absolute Gasteiger partial charge is 0.395 e. The molecular formula is C16H20FNO. The van der Waals surface area contributed by atoms with Crippen molar-refractivity contribution < 1.29 is 9.50 Å². The van der Waals surface area contributed by atoms with Crippen LogP contribution in [0.25, 0.3) is 0 Å². The van der Waals surface area contributed by atoms with Gasteiger partial charge in [-0.15, -0.1) is 0 Å². The molecule has 2 nitrogen and oxygen atoms in total. The molecule has 0 amide bonds. The summed E-state index contributed by atoms with van der Waals surface area (Å²) in [4.78, 5) is 2.31. The highest BCUT2D eigenvalue weighted by molar-refractivity contribution is 5.41. The monoisotopic (exact) mass is 261 g/mol. The van der Waals surface area contributed by atoms with Gasteiger partial charge >= 0.3 is 0 Å². The second-order valence-corrected chi connectivity index (χ2v) is 5.08.